The number of thioether (sulfide) groups is 1. The largest absolute Gasteiger partial charge is 0.382 e. The summed E-state index contributed by atoms with van der Waals surface area (Å²) in [6.07, 6.45) is 2.58. The van der Waals surface area contributed by atoms with Crippen LogP contribution in [-0.2, 0) is 27.1 Å². The molecule has 3 aromatic rings. The van der Waals surface area contributed by atoms with Gasteiger partial charge in [0.2, 0.25) is 10.0 Å². The summed E-state index contributed by atoms with van der Waals surface area (Å²) in [5.74, 6) is -0.869. The van der Waals surface area contributed by atoms with Gasteiger partial charge in [-0.3, -0.25) is 0 Å². The van der Waals surface area contributed by atoms with Crippen molar-refractivity contribution in [3.8, 4) is 0 Å². The summed E-state index contributed by atoms with van der Waals surface area (Å²) in [5.41, 5.74) is 1.37. The van der Waals surface area contributed by atoms with Gasteiger partial charge in [-0.1, -0.05) is 30.3 Å². The van der Waals surface area contributed by atoms with Gasteiger partial charge in [0.05, 0.1) is 21.0 Å². The van der Waals surface area contributed by atoms with E-state index in [0.717, 1.165) is 30.5 Å². The molecule has 1 aliphatic rings. The van der Waals surface area contributed by atoms with Crippen molar-refractivity contribution in [2.24, 2.45) is 5.92 Å². The highest BCUT2D eigenvalue weighted by molar-refractivity contribution is 7.98. The fourth-order valence-corrected chi connectivity index (χ4v) is 7.38. The van der Waals surface area contributed by atoms with E-state index < -0.39 is 21.7 Å². The zero-order chi connectivity index (χ0) is 25.9. The molecule has 1 fully saturated rings. The summed E-state index contributed by atoms with van der Waals surface area (Å²) < 4.78 is 63.8. The lowest BCUT2D eigenvalue weighted by Gasteiger charge is -2.30. The third-order valence-corrected chi connectivity index (χ3v) is 9.57. The van der Waals surface area contributed by atoms with Crippen molar-refractivity contribution in [1.29, 1.82) is 0 Å². The van der Waals surface area contributed by atoms with Gasteiger partial charge in [-0.15, -0.1) is 0 Å². The van der Waals surface area contributed by atoms with Crippen LogP contribution in [0.4, 0.5) is 8.78 Å². The number of sulfonamides is 1. The summed E-state index contributed by atoms with van der Waals surface area (Å²) in [7, 11) is -3.64. The minimum Gasteiger partial charge on any atom is -0.382 e. The maximum atomic E-state index is 14.3. The molecule has 0 aliphatic carbocycles. The Hall–Kier alpha value is -1.72. The summed E-state index contributed by atoms with van der Waals surface area (Å²) in [5, 5.41) is 0.327. The maximum absolute atomic E-state index is 14.3. The van der Waals surface area contributed by atoms with E-state index in [1.54, 1.807) is 22.5 Å². The fraction of sp³-hybridized carbons (Fsp3) is 0.480. The molecule has 36 heavy (non-hydrogen) atoms. The van der Waals surface area contributed by atoms with Crippen molar-refractivity contribution in [3.05, 3.63) is 52.6 Å². The number of imidazole rings is 1. The van der Waals surface area contributed by atoms with E-state index >= 15 is 0 Å². The lowest BCUT2D eigenvalue weighted by atomic mass is 10.0. The molecule has 0 radical (unpaired) electrons. The van der Waals surface area contributed by atoms with Crippen LogP contribution in [-0.4, -0.2) is 48.6 Å². The van der Waals surface area contributed by atoms with Gasteiger partial charge in [-0.2, -0.15) is 4.31 Å². The van der Waals surface area contributed by atoms with Crippen LogP contribution < -0.4 is 0 Å². The summed E-state index contributed by atoms with van der Waals surface area (Å²) in [6.45, 7) is 6.76. The number of rotatable bonds is 10. The molecule has 1 atom stereocenters. The van der Waals surface area contributed by atoms with E-state index in [1.165, 1.54) is 11.8 Å². The molecule has 0 saturated carbocycles. The molecular formula is C25H30ClF2N3O3S2. The molecule has 6 nitrogen and oxygen atoms in total. The van der Waals surface area contributed by atoms with Gasteiger partial charge >= 0.3 is 0 Å². The quantitative estimate of drug-likeness (QED) is 0.171. The standard InChI is InChI=1S/C25H30ClF2N3O3S2/c1-3-34-13-5-12-31-23-10-7-18(36(32,33)30-11-4-6-17(2)15-30)14-22(23)29-25(31)35-16-19-20(27)8-9-21(28)24(19)26/h7-10,14,17H,3-6,11-13,15-16H2,1-2H3/t17-/m0/s1. The second-order valence-corrected chi connectivity index (χ2v) is 12.2. The second-order valence-electron chi connectivity index (χ2n) is 8.97. The molecule has 1 saturated heterocycles. The number of hydrogen-bond acceptors (Lipinski definition) is 5. The SMILES string of the molecule is CCOCCCn1c(SCc2c(F)ccc(F)c2Cl)nc2cc(S(=O)(=O)N3CCC[C@H](C)C3)ccc21. The van der Waals surface area contributed by atoms with Gasteiger partial charge in [0, 0.05) is 44.2 Å². The van der Waals surface area contributed by atoms with E-state index in [2.05, 4.69) is 11.9 Å². The number of ether oxygens (including phenoxy) is 1. The molecule has 11 heteroatoms. The minimum atomic E-state index is -3.64. The Kier molecular flexibility index (Phi) is 8.93. The van der Waals surface area contributed by atoms with E-state index in [4.69, 9.17) is 16.3 Å². The molecule has 1 aliphatic heterocycles. The van der Waals surface area contributed by atoms with E-state index in [1.807, 2.05) is 11.5 Å². The number of aromatic nitrogens is 2. The number of hydrogen-bond donors (Lipinski definition) is 0. The zero-order valence-electron chi connectivity index (χ0n) is 20.3. The fourth-order valence-electron chi connectivity index (χ4n) is 4.40. The van der Waals surface area contributed by atoms with Gasteiger partial charge in [-0.25, -0.2) is 22.2 Å². The Labute approximate surface area is 220 Å². The predicted molar refractivity (Wildman–Crippen MR) is 139 cm³/mol. The number of fused-ring (bicyclic) bond motifs is 1. The van der Waals surface area contributed by atoms with Gasteiger partial charge in [0.15, 0.2) is 5.16 Å². The lowest BCUT2D eigenvalue weighted by Crippen LogP contribution is -2.39. The highest BCUT2D eigenvalue weighted by atomic mass is 35.5. The summed E-state index contributed by atoms with van der Waals surface area (Å²) in [6, 6.07) is 7.04. The highest BCUT2D eigenvalue weighted by Crippen LogP contribution is 2.33. The maximum Gasteiger partial charge on any atom is 0.243 e. The number of aryl methyl sites for hydroxylation is 1. The molecule has 0 N–H and O–H groups in total. The number of halogens is 3. The van der Waals surface area contributed by atoms with Gasteiger partial charge in [0.1, 0.15) is 11.6 Å². The third-order valence-electron chi connectivity index (χ3n) is 6.30. The molecule has 2 heterocycles. The van der Waals surface area contributed by atoms with Crippen molar-refractivity contribution in [1.82, 2.24) is 13.9 Å². The Balaban J connectivity index is 1.66. The molecule has 2 aromatic carbocycles. The normalized spacial score (nSPS) is 17.2. The molecule has 0 amide bonds. The van der Waals surface area contributed by atoms with Crippen molar-refractivity contribution in [2.45, 2.75) is 55.5 Å². The van der Waals surface area contributed by atoms with Crippen LogP contribution in [0.3, 0.4) is 0 Å². The van der Waals surface area contributed by atoms with E-state index in [0.29, 0.717) is 55.9 Å². The van der Waals surface area contributed by atoms with Gasteiger partial charge < -0.3 is 9.30 Å². The van der Waals surface area contributed by atoms with E-state index in [-0.39, 0.29) is 21.2 Å². The molecule has 0 bridgehead atoms. The number of benzene rings is 2. The first-order valence-corrected chi connectivity index (χ1v) is 14.9. The predicted octanol–water partition coefficient (Wildman–Crippen LogP) is 6.11. The van der Waals surface area contributed by atoms with Crippen LogP contribution in [0.2, 0.25) is 5.02 Å². The van der Waals surface area contributed by atoms with Crippen LogP contribution >= 0.6 is 23.4 Å². The minimum absolute atomic E-state index is 0.0667. The lowest BCUT2D eigenvalue weighted by molar-refractivity contribution is 0.141. The second kappa shape index (κ2) is 11.8. The van der Waals surface area contributed by atoms with Crippen molar-refractivity contribution in [2.75, 3.05) is 26.3 Å². The molecule has 4 rings (SSSR count). The van der Waals surface area contributed by atoms with Crippen LogP contribution in [0.1, 0.15) is 38.7 Å². The Morgan fingerprint density at radius 2 is 2.00 bits per heavy atom. The smallest absolute Gasteiger partial charge is 0.243 e. The van der Waals surface area contributed by atoms with Crippen molar-refractivity contribution < 1.29 is 21.9 Å². The molecule has 1 aromatic heterocycles. The number of nitrogens with zero attached hydrogens (tertiary/aromatic N) is 3. The first-order valence-electron chi connectivity index (χ1n) is 12.1. The van der Waals surface area contributed by atoms with Crippen LogP contribution in [0, 0.1) is 17.6 Å². The van der Waals surface area contributed by atoms with Gasteiger partial charge in [-0.05, 0) is 62.4 Å². The molecule has 196 valence electrons. The topological polar surface area (TPSA) is 64.4 Å². The molecule has 0 spiro atoms. The van der Waals surface area contributed by atoms with Crippen LogP contribution in [0.5, 0.6) is 0 Å². The van der Waals surface area contributed by atoms with Crippen LogP contribution in [0.25, 0.3) is 11.0 Å². The average Bonchev–Trinajstić information content (AvgIpc) is 3.21. The Morgan fingerprint density at radius 1 is 1.22 bits per heavy atom. The highest BCUT2D eigenvalue weighted by Gasteiger charge is 2.29. The molecular weight excluding hydrogens is 528 g/mol. The van der Waals surface area contributed by atoms with E-state index in [9.17, 15) is 17.2 Å². The van der Waals surface area contributed by atoms with Crippen molar-refractivity contribution >= 4 is 44.4 Å². The average molecular weight is 558 g/mol. The Morgan fingerprint density at radius 3 is 2.75 bits per heavy atom. The zero-order valence-corrected chi connectivity index (χ0v) is 22.7. The Bertz CT molecular complexity index is 1330. The molecule has 0 unspecified atom stereocenters. The first-order chi connectivity index (χ1) is 17.2. The van der Waals surface area contributed by atoms with Crippen LogP contribution in [0.15, 0.2) is 40.4 Å². The number of piperidine rings is 1. The van der Waals surface area contributed by atoms with Crippen molar-refractivity contribution in [3.63, 3.8) is 0 Å². The summed E-state index contributed by atoms with van der Waals surface area (Å²) >= 11 is 7.24. The van der Waals surface area contributed by atoms with Gasteiger partial charge in [0.25, 0.3) is 0 Å². The monoisotopic (exact) mass is 557 g/mol. The first kappa shape index (κ1) is 27.3. The summed E-state index contributed by atoms with van der Waals surface area (Å²) in [4.78, 5) is 4.89. The third kappa shape index (κ3) is 5.88.